The average Bonchev–Trinajstić information content (AvgIpc) is 2.33. The minimum absolute atomic E-state index is 0.105. The summed E-state index contributed by atoms with van der Waals surface area (Å²) < 4.78 is 27.3. The van der Waals surface area contributed by atoms with Crippen LogP contribution in [-0.2, 0) is 6.42 Å². The Morgan fingerprint density at radius 3 is 2.39 bits per heavy atom. The van der Waals surface area contributed by atoms with Crippen molar-refractivity contribution in [2.45, 2.75) is 26.3 Å². The molecule has 4 heteroatoms. The molecule has 1 N–H and O–H groups in total. The van der Waals surface area contributed by atoms with Gasteiger partial charge >= 0.3 is 0 Å². The van der Waals surface area contributed by atoms with Crippen LogP contribution in [0.3, 0.4) is 0 Å². The lowest BCUT2D eigenvalue weighted by atomic mass is 9.95. The first kappa shape index (κ1) is 15.4. The predicted molar refractivity (Wildman–Crippen MR) is 75.1 cm³/mol. The van der Waals surface area contributed by atoms with E-state index in [0.29, 0.717) is 12.3 Å². The summed E-state index contributed by atoms with van der Waals surface area (Å²) in [4.78, 5) is 0. The Kier molecular flexibility index (Phi) is 6.65. The molecule has 102 valence electrons. The molecular formula is C14H21F2NS. The molecule has 0 aliphatic heterocycles. The van der Waals surface area contributed by atoms with E-state index in [0.717, 1.165) is 12.3 Å². The van der Waals surface area contributed by atoms with Gasteiger partial charge in [0.15, 0.2) is 0 Å². The number of benzene rings is 1. The van der Waals surface area contributed by atoms with Gasteiger partial charge in [-0.15, -0.1) is 0 Å². The zero-order valence-electron chi connectivity index (χ0n) is 11.2. The van der Waals surface area contributed by atoms with E-state index in [-0.39, 0.29) is 11.6 Å². The van der Waals surface area contributed by atoms with Crippen molar-refractivity contribution < 1.29 is 8.78 Å². The van der Waals surface area contributed by atoms with Crippen molar-refractivity contribution >= 4 is 11.8 Å². The Hall–Kier alpha value is -0.610. The van der Waals surface area contributed by atoms with Crippen molar-refractivity contribution in [3.8, 4) is 0 Å². The molecule has 18 heavy (non-hydrogen) atoms. The van der Waals surface area contributed by atoms with Crippen LogP contribution < -0.4 is 5.32 Å². The zero-order valence-corrected chi connectivity index (χ0v) is 12.0. The van der Waals surface area contributed by atoms with Gasteiger partial charge in [-0.3, -0.25) is 0 Å². The first-order valence-corrected chi connectivity index (χ1v) is 7.64. The minimum atomic E-state index is -0.450. The fraction of sp³-hybridized carbons (Fsp3) is 0.571. The highest BCUT2D eigenvalue weighted by atomic mass is 32.2. The van der Waals surface area contributed by atoms with E-state index in [1.165, 1.54) is 18.2 Å². The van der Waals surface area contributed by atoms with Gasteiger partial charge in [0, 0.05) is 11.6 Å². The molecule has 0 amide bonds. The normalized spacial score (nSPS) is 14.5. The van der Waals surface area contributed by atoms with Crippen LogP contribution in [0, 0.1) is 17.6 Å². The van der Waals surface area contributed by atoms with E-state index in [1.807, 2.05) is 13.2 Å². The standard InChI is InChI=1S/C14H21F2NS/c1-4-17-14(10(2)9-18-3)8-11-12(15)6-5-7-13(11)16/h5-7,10,14,17H,4,8-9H2,1-3H3. The Labute approximate surface area is 112 Å². The number of nitrogens with one attached hydrogen (secondary N) is 1. The van der Waals surface area contributed by atoms with Crippen LogP contribution in [0.15, 0.2) is 18.2 Å². The summed E-state index contributed by atoms with van der Waals surface area (Å²) in [5.74, 6) is 0.454. The van der Waals surface area contributed by atoms with Gasteiger partial charge in [0.25, 0.3) is 0 Å². The second-order valence-electron chi connectivity index (χ2n) is 4.50. The first-order valence-electron chi connectivity index (χ1n) is 6.25. The second kappa shape index (κ2) is 7.74. The molecule has 0 fully saturated rings. The molecule has 0 aromatic heterocycles. The lowest BCUT2D eigenvalue weighted by Gasteiger charge is -2.24. The average molecular weight is 273 g/mol. The van der Waals surface area contributed by atoms with E-state index >= 15 is 0 Å². The molecule has 2 atom stereocenters. The first-order chi connectivity index (χ1) is 8.60. The molecule has 0 aliphatic carbocycles. The molecule has 0 heterocycles. The number of halogens is 2. The van der Waals surface area contributed by atoms with E-state index < -0.39 is 11.6 Å². The van der Waals surface area contributed by atoms with E-state index in [9.17, 15) is 8.78 Å². The molecule has 1 aromatic rings. The van der Waals surface area contributed by atoms with Crippen molar-refractivity contribution in [2.75, 3.05) is 18.6 Å². The third kappa shape index (κ3) is 4.25. The highest BCUT2D eigenvalue weighted by Crippen LogP contribution is 2.19. The molecule has 2 unspecified atom stereocenters. The van der Waals surface area contributed by atoms with E-state index in [2.05, 4.69) is 12.2 Å². The third-order valence-corrected chi connectivity index (χ3v) is 3.93. The summed E-state index contributed by atoms with van der Waals surface area (Å²) >= 11 is 1.76. The fourth-order valence-corrected chi connectivity index (χ4v) is 2.82. The van der Waals surface area contributed by atoms with Gasteiger partial charge in [0.05, 0.1) is 0 Å². The quantitative estimate of drug-likeness (QED) is 0.816. The highest BCUT2D eigenvalue weighted by Gasteiger charge is 2.20. The smallest absolute Gasteiger partial charge is 0.129 e. The summed E-state index contributed by atoms with van der Waals surface area (Å²) in [5.41, 5.74) is 0.191. The van der Waals surface area contributed by atoms with Gasteiger partial charge in [-0.05, 0) is 43.0 Å². The van der Waals surface area contributed by atoms with Crippen molar-refractivity contribution in [3.05, 3.63) is 35.4 Å². The van der Waals surface area contributed by atoms with Gasteiger partial charge in [-0.25, -0.2) is 8.78 Å². The van der Waals surface area contributed by atoms with Crippen molar-refractivity contribution in [2.24, 2.45) is 5.92 Å². The molecule has 0 saturated carbocycles. The molecule has 0 aliphatic rings. The van der Waals surface area contributed by atoms with Gasteiger partial charge in [0.1, 0.15) is 11.6 Å². The maximum atomic E-state index is 13.6. The monoisotopic (exact) mass is 273 g/mol. The molecule has 1 nitrogen and oxygen atoms in total. The van der Waals surface area contributed by atoms with Crippen molar-refractivity contribution in [3.63, 3.8) is 0 Å². The van der Waals surface area contributed by atoms with Crippen LogP contribution >= 0.6 is 11.8 Å². The van der Waals surface area contributed by atoms with Crippen LogP contribution in [0.5, 0.6) is 0 Å². The molecular weight excluding hydrogens is 252 g/mol. The number of hydrogen-bond donors (Lipinski definition) is 1. The SMILES string of the molecule is CCNC(Cc1c(F)cccc1F)C(C)CSC. The van der Waals surface area contributed by atoms with Crippen LogP contribution in [0.4, 0.5) is 8.78 Å². The van der Waals surface area contributed by atoms with Crippen LogP contribution in [-0.4, -0.2) is 24.6 Å². The van der Waals surface area contributed by atoms with Gasteiger partial charge < -0.3 is 5.32 Å². The predicted octanol–water partition coefficient (Wildman–Crippen LogP) is 3.48. The Morgan fingerprint density at radius 1 is 1.28 bits per heavy atom. The lowest BCUT2D eigenvalue weighted by Crippen LogP contribution is -2.38. The second-order valence-corrected chi connectivity index (χ2v) is 5.41. The summed E-state index contributed by atoms with van der Waals surface area (Å²) in [6.45, 7) is 4.93. The van der Waals surface area contributed by atoms with Crippen LogP contribution in [0.1, 0.15) is 19.4 Å². The van der Waals surface area contributed by atoms with Gasteiger partial charge in [-0.1, -0.05) is 19.9 Å². The van der Waals surface area contributed by atoms with E-state index in [4.69, 9.17) is 0 Å². The maximum absolute atomic E-state index is 13.6. The van der Waals surface area contributed by atoms with Crippen molar-refractivity contribution in [1.82, 2.24) is 5.32 Å². The Bertz CT molecular complexity index is 351. The van der Waals surface area contributed by atoms with Crippen LogP contribution in [0.2, 0.25) is 0 Å². The van der Waals surface area contributed by atoms with Crippen molar-refractivity contribution in [1.29, 1.82) is 0 Å². The maximum Gasteiger partial charge on any atom is 0.129 e. The molecule has 1 aromatic carbocycles. The summed E-state index contributed by atoms with van der Waals surface area (Å²) in [7, 11) is 0. The topological polar surface area (TPSA) is 12.0 Å². The van der Waals surface area contributed by atoms with E-state index in [1.54, 1.807) is 11.8 Å². The molecule has 1 rings (SSSR count). The largest absolute Gasteiger partial charge is 0.314 e. The number of likely N-dealkylation sites (N-methyl/N-ethyl adjacent to an activating group) is 1. The molecule has 0 radical (unpaired) electrons. The summed E-state index contributed by atoms with van der Waals surface area (Å²) in [6.07, 6.45) is 2.44. The number of thioether (sulfide) groups is 1. The van der Waals surface area contributed by atoms with Crippen LogP contribution in [0.25, 0.3) is 0 Å². The minimum Gasteiger partial charge on any atom is -0.314 e. The Morgan fingerprint density at radius 2 is 1.89 bits per heavy atom. The summed E-state index contributed by atoms with van der Waals surface area (Å²) in [5, 5.41) is 3.32. The highest BCUT2D eigenvalue weighted by molar-refractivity contribution is 7.98. The lowest BCUT2D eigenvalue weighted by molar-refractivity contribution is 0.398. The third-order valence-electron chi connectivity index (χ3n) is 3.07. The molecule has 0 saturated heterocycles. The summed E-state index contributed by atoms with van der Waals surface area (Å²) in [6, 6.07) is 4.15. The van der Waals surface area contributed by atoms with Gasteiger partial charge in [-0.2, -0.15) is 11.8 Å². The Balaban J connectivity index is 2.82. The van der Waals surface area contributed by atoms with Gasteiger partial charge in [0.2, 0.25) is 0 Å². The number of rotatable bonds is 7. The fourth-order valence-electron chi connectivity index (χ4n) is 2.06. The zero-order chi connectivity index (χ0) is 13.5. The molecule has 0 spiro atoms. The number of hydrogen-bond acceptors (Lipinski definition) is 2. The molecule has 0 bridgehead atoms.